The first-order chi connectivity index (χ1) is 10.8. The van der Waals surface area contributed by atoms with E-state index >= 15 is 0 Å². The zero-order valence-electron chi connectivity index (χ0n) is 12.4. The van der Waals surface area contributed by atoms with Crippen LogP contribution in [0.2, 0.25) is 0 Å². The van der Waals surface area contributed by atoms with Crippen LogP contribution < -0.4 is 10.6 Å². The maximum Gasteiger partial charge on any atom is 0.126 e. The van der Waals surface area contributed by atoms with Gasteiger partial charge in [0.25, 0.3) is 0 Å². The van der Waals surface area contributed by atoms with E-state index in [1.165, 1.54) is 0 Å². The van der Waals surface area contributed by atoms with E-state index in [0.717, 1.165) is 37.3 Å². The molecule has 1 aromatic heterocycles. The molecule has 0 amide bonds. The van der Waals surface area contributed by atoms with Crippen LogP contribution in [0.25, 0.3) is 0 Å². The van der Waals surface area contributed by atoms with Crippen LogP contribution in [0.4, 0.5) is 5.82 Å². The molecule has 3 rings (SSSR count). The fourth-order valence-electron chi connectivity index (χ4n) is 3.17. The van der Waals surface area contributed by atoms with Crippen molar-refractivity contribution in [3.8, 4) is 6.07 Å². The Morgan fingerprint density at radius 1 is 1.23 bits per heavy atom. The highest BCUT2D eigenvalue weighted by Gasteiger charge is 2.41. The second-order valence-corrected chi connectivity index (χ2v) is 5.65. The van der Waals surface area contributed by atoms with Gasteiger partial charge in [0.1, 0.15) is 5.82 Å². The molecular weight excluding hydrogens is 272 g/mol. The molecule has 2 N–H and O–H groups in total. The highest BCUT2D eigenvalue weighted by Crippen LogP contribution is 2.37. The number of hydrogen-bond acceptors (Lipinski definition) is 4. The molecule has 1 aliphatic heterocycles. The molecule has 1 unspecified atom stereocenters. The summed E-state index contributed by atoms with van der Waals surface area (Å²) in [6, 6.07) is 19.2. The van der Waals surface area contributed by atoms with Crippen molar-refractivity contribution in [2.45, 2.75) is 24.3 Å². The first kappa shape index (κ1) is 14.6. The molecule has 0 spiro atoms. The van der Waals surface area contributed by atoms with Gasteiger partial charge in [-0.05, 0) is 43.6 Å². The minimum atomic E-state index is -0.296. The average Bonchev–Trinajstić information content (AvgIpc) is 2.58. The topological polar surface area (TPSA) is 60.7 Å². The monoisotopic (exact) mass is 291 g/mol. The lowest BCUT2D eigenvalue weighted by Crippen LogP contribution is -2.51. The van der Waals surface area contributed by atoms with Crippen LogP contribution in [0.5, 0.6) is 0 Å². The van der Waals surface area contributed by atoms with Crippen molar-refractivity contribution in [2.24, 2.45) is 0 Å². The summed E-state index contributed by atoms with van der Waals surface area (Å²) in [5.41, 5.74) is 0.761. The van der Waals surface area contributed by atoms with Gasteiger partial charge in [-0.2, -0.15) is 5.26 Å². The molecule has 0 bridgehead atoms. The maximum atomic E-state index is 9.84. The van der Waals surface area contributed by atoms with Gasteiger partial charge in [-0.15, -0.1) is 0 Å². The summed E-state index contributed by atoms with van der Waals surface area (Å²) in [6.07, 6.45) is 3.43. The zero-order valence-corrected chi connectivity index (χ0v) is 12.4. The van der Waals surface area contributed by atoms with E-state index in [-0.39, 0.29) is 11.5 Å². The summed E-state index contributed by atoms with van der Waals surface area (Å²) in [6.45, 7) is 1.80. The number of piperidine rings is 1. The largest absolute Gasteiger partial charge is 0.363 e. The molecule has 1 radical (unpaired) electrons. The molecule has 2 heterocycles. The molecule has 1 fully saturated rings. The highest BCUT2D eigenvalue weighted by molar-refractivity contribution is 5.43. The molecule has 4 heteroatoms. The Kier molecular flexibility index (Phi) is 4.36. The Balaban J connectivity index is 1.96. The Morgan fingerprint density at radius 3 is 2.64 bits per heavy atom. The maximum absolute atomic E-state index is 9.84. The van der Waals surface area contributed by atoms with E-state index in [1.54, 1.807) is 6.20 Å². The molecule has 111 valence electrons. The van der Waals surface area contributed by atoms with Crippen LogP contribution in [-0.4, -0.2) is 23.6 Å². The highest BCUT2D eigenvalue weighted by atomic mass is 15.1. The summed E-state index contributed by atoms with van der Waals surface area (Å²) >= 11 is 0. The molecule has 1 atom stereocenters. The summed E-state index contributed by atoms with van der Waals surface area (Å²) in [7, 11) is 0. The summed E-state index contributed by atoms with van der Waals surface area (Å²) in [5, 5.41) is 16.8. The number of nitriles is 1. The Morgan fingerprint density at radius 2 is 2.00 bits per heavy atom. The van der Waals surface area contributed by atoms with Gasteiger partial charge in [-0.1, -0.05) is 30.3 Å². The lowest BCUT2D eigenvalue weighted by Gasteiger charge is -2.42. The fraction of sp³-hybridized carbons (Fsp3) is 0.333. The van der Waals surface area contributed by atoms with Crippen molar-refractivity contribution in [1.82, 2.24) is 10.3 Å². The minimum absolute atomic E-state index is 0.207. The molecule has 4 nitrogen and oxygen atoms in total. The van der Waals surface area contributed by atoms with Gasteiger partial charge in [-0.25, -0.2) is 4.98 Å². The Hall–Kier alpha value is -2.38. The Labute approximate surface area is 131 Å². The predicted molar refractivity (Wildman–Crippen MR) is 86.3 cm³/mol. The van der Waals surface area contributed by atoms with Gasteiger partial charge in [0.2, 0.25) is 0 Å². The summed E-state index contributed by atoms with van der Waals surface area (Å²) < 4.78 is 0. The van der Waals surface area contributed by atoms with E-state index in [1.807, 2.05) is 42.5 Å². The van der Waals surface area contributed by atoms with Gasteiger partial charge in [0.15, 0.2) is 0 Å². The van der Waals surface area contributed by atoms with Crippen molar-refractivity contribution in [1.29, 1.82) is 5.26 Å². The third-order valence-electron chi connectivity index (χ3n) is 4.30. The van der Waals surface area contributed by atoms with E-state index < -0.39 is 0 Å². The third kappa shape index (κ3) is 2.95. The molecule has 1 aromatic carbocycles. The van der Waals surface area contributed by atoms with Crippen molar-refractivity contribution in [3.05, 3.63) is 60.3 Å². The molecule has 1 saturated heterocycles. The number of hydrogen-bond donors (Lipinski definition) is 2. The molecule has 0 aliphatic carbocycles. The Bertz CT molecular complexity index is 627. The number of nitrogens with one attached hydrogen (secondary N) is 2. The number of nitrogens with zero attached hydrogens (tertiary/aromatic N) is 2. The van der Waals surface area contributed by atoms with E-state index in [0.29, 0.717) is 0 Å². The van der Waals surface area contributed by atoms with Crippen LogP contribution in [0, 0.1) is 17.4 Å². The van der Waals surface area contributed by atoms with Crippen LogP contribution in [0.15, 0.2) is 48.7 Å². The van der Waals surface area contributed by atoms with Crippen LogP contribution >= 0.6 is 0 Å². The zero-order chi connectivity index (χ0) is 15.3. The van der Waals surface area contributed by atoms with Crippen LogP contribution in [0.3, 0.4) is 0 Å². The third-order valence-corrected chi connectivity index (χ3v) is 4.30. The van der Waals surface area contributed by atoms with E-state index in [9.17, 15) is 5.26 Å². The van der Waals surface area contributed by atoms with Gasteiger partial charge in [0, 0.05) is 12.3 Å². The second kappa shape index (κ2) is 6.59. The summed E-state index contributed by atoms with van der Waals surface area (Å²) in [5.74, 6) is 0.596. The van der Waals surface area contributed by atoms with Crippen molar-refractivity contribution in [3.63, 3.8) is 0 Å². The molecular formula is C18H19N4. The smallest absolute Gasteiger partial charge is 0.126 e. The molecule has 2 aromatic rings. The predicted octanol–water partition coefficient (Wildman–Crippen LogP) is 2.72. The normalized spacial score (nSPS) is 18.1. The van der Waals surface area contributed by atoms with Gasteiger partial charge >= 0.3 is 0 Å². The number of anilines is 1. The van der Waals surface area contributed by atoms with Crippen molar-refractivity contribution in [2.75, 3.05) is 18.4 Å². The SMILES string of the molecule is N#CC(c1ccccc1)C1(Nc2cc[c]cn2)CCNCC1. The lowest BCUT2D eigenvalue weighted by atomic mass is 9.74. The first-order valence-corrected chi connectivity index (χ1v) is 7.60. The first-order valence-electron chi connectivity index (χ1n) is 7.60. The second-order valence-electron chi connectivity index (χ2n) is 5.65. The van der Waals surface area contributed by atoms with Crippen molar-refractivity contribution >= 4 is 5.82 Å². The number of aromatic nitrogens is 1. The van der Waals surface area contributed by atoms with Gasteiger partial charge in [-0.3, -0.25) is 0 Å². The molecule has 0 saturated carbocycles. The standard InChI is InChI=1S/C18H19N4/c19-14-16(15-6-2-1-3-7-15)18(9-12-20-13-10-18)22-17-8-4-5-11-21-17/h1-4,6-8,11,16,20H,9-10,12-13H2,(H,21,22). The van der Waals surface area contributed by atoms with Gasteiger partial charge < -0.3 is 10.6 Å². The summed E-state index contributed by atoms with van der Waals surface area (Å²) in [4.78, 5) is 4.33. The fourth-order valence-corrected chi connectivity index (χ4v) is 3.17. The number of benzene rings is 1. The van der Waals surface area contributed by atoms with E-state index in [2.05, 4.69) is 27.8 Å². The quantitative estimate of drug-likeness (QED) is 0.909. The average molecular weight is 291 g/mol. The lowest BCUT2D eigenvalue weighted by molar-refractivity contribution is 0.314. The van der Waals surface area contributed by atoms with Gasteiger partial charge in [0.05, 0.1) is 17.5 Å². The van der Waals surface area contributed by atoms with E-state index in [4.69, 9.17) is 0 Å². The number of pyridine rings is 1. The van der Waals surface area contributed by atoms with Crippen molar-refractivity contribution < 1.29 is 0 Å². The molecule has 1 aliphatic rings. The van der Waals surface area contributed by atoms with Crippen LogP contribution in [-0.2, 0) is 0 Å². The minimum Gasteiger partial charge on any atom is -0.363 e. The van der Waals surface area contributed by atoms with Crippen LogP contribution in [0.1, 0.15) is 24.3 Å². The number of rotatable bonds is 4. The molecule has 22 heavy (non-hydrogen) atoms.